The minimum absolute atomic E-state index is 0.182. The summed E-state index contributed by atoms with van der Waals surface area (Å²) in [6.45, 7) is 3.81. The van der Waals surface area contributed by atoms with Gasteiger partial charge in [0.25, 0.3) is 0 Å². The van der Waals surface area contributed by atoms with Crippen LogP contribution in [0.5, 0.6) is 0 Å². The monoisotopic (exact) mass is 272 g/mol. The molecular weight excluding hydrogens is 248 g/mol. The van der Waals surface area contributed by atoms with Crippen molar-refractivity contribution in [3.05, 3.63) is 0 Å². The highest BCUT2D eigenvalue weighted by atomic mass is 16.4. The number of nitrogens with one attached hydrogen (secondary N) is 2. The lowest BCUT2D eigenvalue weighted by Gasteiger charge is -2.29. The molecular formula is C13H24N2O4. The molecule has 1 aliphatic rings. The molecule has 19 heavy (non-hydrogen) atoms. The van der Waals surface area contributed by atoms with E-state index in [9.17, 15) is 14.7 Å². The van der Waals surface area contributed by atoms with E-state index in [1.807, 2.05) is 13.8 Å². The van der Waals surface area contributed by atoms with Gasteiger partial charge in [-0.2, -0.15) is 0 Å². The topological polar surface area (TPSA) is 98.7 Å². The van der Waals surface area contributed by atoms with Crippen molar-refractivity contribution in [2.75, 3.05) is 0 Å². The number of carboxylic acids is 1. The maximum absolute atomic E-state index is 11.8. The summed E-state index contributed by atoms with van der Waals surface area (Å²) in [5.74, 6) is -0.852. The fourth-order valence-electron chi connectivity index (χ4n) is 2.34. The second-order valence-corrected chi connectivity index (χ2v) is 5.60. The molecule has 0 heterocycles. The molecule has 1 rings (SSSR count). The maximum Gasteiger partial charge on any atom is 0.326 e. The molecule has 0 aromatic rings. The highest BCUT2D eigenvalue weighted by Crippen LogP contribution is 2.18. The Hall–Kier alpha value is -1.30. The summed E-state index contributed by atoms with van der Waals surface area (Å²) in [6.07, 6.45) is 3.20. The van der Waals surface area contributed by atoms with Crippen molar-refractivity contribution >= 4 is 12.0 Å². The third-order valence-electron chi connectivity index (χ3n) is 3.36. The Balaban J connectivity index is 2.45. The molecule has 2 unspecified atom stereocenters. The number of aliphatic hydroxyl groups is 1. The van der Waals surface area contributed by atoms with Crippen molar-refractivity contribution in [2.24, 2.45) is 5.92 Å². The Morgan fingerprint density at radius 2 is 1.89 bits per heavy atom. The Kier molecular flexibility index (Phi) is 6.08. The number of aliphatic carboxylic acids is 1. The van der Waals surface area contributed by atoms with E-state index in [0.29, 0.717) is 12.8 Å². The maximum atomic E-state index is 11.8. The zero-order chi connectivity index (χ0) is 14.4. The van der Waals surface area contributed by atoms with Crippen LogP contribution in [0.1, 0.15) is 46.0 Å². The molecule has 6 nitrogen and oxygen atoms in total. The molecule has 0 aromatic heterocycles. The quantitative estimate of drug-likeness (QED) is 0.602. The first kappa shape index (κ1) is 15.8. The van der Waals surface area contributed by atoms with Crippen LogP contribution in [-0.4, -0.2) is 40.4 Å². The van der Waals surface area contributed by atoms with E-state index in [2.05, 4.69) is 10.6 Å². The highest BCUT2D eigenvalue weighted by molar-refractivity contribution is 5.82. The lowest BCUT2D eigenvalue weighted by Crippen LogP contribution is -2.53. The molecule has 6 heteroatoms. The SMILES string of the molecule is CC(C)C[C@H](NC(=O)NC1CCCCC1O)C(=O)O. The van der Waals surface area contributed by atoms with Gasteiger partial charge >= 0.3 is 12.0 Å². The van der Waals surface area contributed by atoms with Gasteiger partial charge in [-0.1, -0.05) is 26.7 Å². The van der Waals surface area contributed by atoms with Gasteiger partial charge in [-0.3, -0.25) is 0 Å². The average molecular weight is 272 g/mol. The van der Waals surface area contributed by atoms with E-state index in [-0.39, 0.29) is 12.0 Å². The highest BCUT2D eigenvalue weighted by Gasteiger charge is 2.26. The third kappa shape index (κ3) is 5.46. The number of urea groups is 1. The third-order valence-corrected chi connectivity index (χ3v) is 3.36. The van der Waals surface area contributed by atoms with Crippen molar-refractivity contribution in [2.45, 2.75) is 64.1 Å². The van der Waals surface area contributed by atoms with Crippen LogP contribution in [0.25, 0.3) is 0 Å². The predicted molar refractivity (Wildman–Crippen MR) is 70.8 cm³/mol. The van der Waals surface area contributed by atoms with Gasteiger partial charge in [0.15, 0.2) is 0 Å². The van der Waals surface area contributed by atoms with E-state index >= 15 is 0 Å². The molecule has 0 saturated heterocycles. The standard InChI is InChI=1S/C13H24N2O4/c1-8(2)7-10(12(17)18)15-13(19)14-9-5-3-4-6-11(9)16/h8-11,16H,3-7H2,1-2H3,(H,17,18)(H2,14,15,19)/t9?,10-,11?/m0/s1. The van der Waals surface area contributed by atoms with Gasteiger partial charge in [0.2, 0.25) is 0 Å². The lowest BCUT2D eigenvalue weighted by atomic mass is 9.93. The normalized spacial score (nSPS) is 24.8. The van der Waals surface area contributed by atoms with Crippen molar-refractivity contribution < 1.29 is 19.8 Å². The molecule has 0 radical (unpaired) electrons. The van der Waals surface area contributed by atoms with Crippen LogP contribution in [0.2, 0.25) is 0 Å². The summed E-state index contributed by atoms with van der Waals surface area (Å²) in [7, 11) is 0. The number of amides is 2. The zero-order valence-electron chi connectivity index (χ0n) is 11.6. The van der Waals surface area contributed by atoms with Crippen LogP contribution in [0.4, 0.5) is 4.79 Å². The number of carbonyl (C=O) groups is 2. The molecule has 4 N–H and O–H groups in total. The molecule has 1 fully saturated rings. The van der Waals surface area contributed by atoms with Crippen LogP contribution < -0.4 is 10.6 Å². The van der Waals surface area contributed by atoms with E-state index < -0.39 is 24.1 Å². The predicted octanol–water partition coefficient (Wildman–Crippen LogP) is 1.09. The first-order valence-corrected chi connectivity index (χ1v) is 6.88. The fraction of sp³-hybridized carbons (Fsp3) is 0.846. The molecule has 0 aliphatic heterocycles. The number of rotatable bonds is 5. The number of hydrogen-bond donors (Lipinski definition) is 4. The number of carbonyl (C=O) groups excluding carboxylic acids is 1. The van der Waals surface area contributed by atoms with Gasteiger partial charge in [-0.25, -0.2) is 9.59 Å². The summed E-state index contributed by atoms with van der Waals surface area (Å²) in [4.78, 5) is 22.8. The van der Waals surface area contributed by atoms with E-state index in [1.54, 1.807) is 0 Å². The minimum atomic E-state index is -1.03. The second-order valence-electron chi connectivity index (χ2n) is 5.60. The summed E-state index contributed by atoms with van der Waals surface area (Å²) < 4.78 is 0. The van der Waals surface area contributed by atoms with Crippen molar-refractivity contribution in [1.29, 1.82) is 0 Å². The van der Waals surface area contributed by atoms with Crippen LogP contribution in [0, 0.1) is 5.92 Å². The van der Waals surface area contributed by atoms with Crippen molar-refractivity contribution in [1.82, 2.24) is 10.6 Å². The molecule has 110 valence electrons. The van der Waals surface area contributed by atoms with Crippen LogP contribution in [0.15, 0.2) is 0 Å². The molecule has 1 aliphatic carbocycles. The molecule has 0 spiro atoms. The summed E-state index contributed by atoms with van der Waals surface area (Å²) in [5, 5.41) is 23.9. The average Bonchev–Trinajstić information content (AvgIpc) is 2.30. The smallest absolute Gasteiger partial charge is 0.326 e. The van der Waals surface area contributed by atoms with Gasteiger partial charge in [0, 0.05) is 0 Å². The second kappa shape index (κ2) is 7.33. The van der Waals surface area contributed by atoms with Crippen LogP contribution in [-0.2, 0) is 4.79 Å². The van der Waals surface area contributed by atoms with E-state index in [0.717, 1.165) is 19.3 Å². The summed E-state index contributed by atoms with van der Waals surface area (Å²) >= 11 is 0. The van der Waals surface area contributed by atoms with Gasteiger partial charge in [-0.05, 0) is 25.2 Å². The lowest BCUT2D eigenvalue weighted by molar-refractivity contribution is -0.139. The van der Waals surface area contributed by atoms with Crippen LogP contribution in [0.3, 0.4) is 0 Å². The van der Waals surface area contributed by atoms with Gasteiger partial charge in [-0.15, -0.1) is 0 Å². The molecule has 2 amide bonds. The summed E-state index contributed by atoms with van der Waals surface area (Å²) in [5.41, 5.74) is 0. The fourth-order valence-corrected chi connectivity index (χ4v) is 2.34. The molecule has 0 aromatic carbocycles. The van der Waals surface area contributed by atoms with Gasteiger partial charge < -0.3 is 20.8 Å². The van der Waals surface area contributed by atoms with Crippen molar-refractivity contribution in [3.8, 4) is 0 Å². The number of carboxylic acid groups (broad SMARTS) is 1. The number of aliphatic hydroxyl groups excluding tert-OH is 1. The van der Waals surface area contributed by atoms with Gasteiger partial charge in [0.05, 0.1) is 12.1 Å². The Morgan fingerprint density at radius 3 is 2.42 bits per heavy atom. The number of hydrogen-bond acceptors (Lipinski definition) is 3. The largest absolute Gasteiger partial charge is 0.480 e. The Bertz CT molecular complexity index is 320. The first-order chi connectivity index (χ1) is 8.90. The van der Waals surface area contributed by atoms with Crippen LogP contribution >= 0.6 is 0 Å². The minimum Gasteiger partial charge on any atom is -0.480 e. The summed E-state index contributed by atoms with van der Waals surface area (Å²) in [6, 6.07) is -1.68. The van der Waals surface area contributed by atoms with E-state index in [1.165, 1.54) is 0 Å². The van der Waals surface area contributed by atoms with Gasteiger partial charge in [0.1, 0.15) is 6.04 Å². The van der Waals surface area contributed by atoms with Crippen molar-refractivity contribution in [3.63, 3.8) is 0 Å². The Morgan fingerprint density at radius 1 is 1.26 bits per heavy atom. The van der Waals surface area contributed by atoms with E-state index in [4.69, 9.17) is 5.11 Å². The Labute approximate surface area is 113 Å². The molecule has 1 saturated carbocycles. The molecule has 3 atom stereocenters. The molecule has 0 bridgehead atoms. The first-order valence-electron chi connectivity index (χ1n) is 6.88. The zero-order valence-corrected chi connectivity index (χ0v) is 11.6.